The monoisotopic (exact) mass is 289 g/mol. The van der Waals surface area contributed by atoms with Gasteiger partial charge >= 0.3 is 0 Å². The molecule has 82 valence electrons. The van der Waals surface area contributed by atoms with E-state index in [-0.39, 0.29) is 0 Å². The Labute approximate surface area is 103 Å². The predicted octanol–water partition coefficient (Wildman–Crippen LogP) is 3.69. The van der Waals surface area contributed by atoms with Crippen LogP contribution in [0.3, 0.4) is 0 Å². The Kier molecular flexibility index (Phi) is 3.89. The van der Waals surface area contributed by atoms with Crippen LogP contribution in [0.4, 0.5) is 5.69 Å². The number of halogens is 2. The van der Waals surface area contributed by atoms with Crippen LogP contribution in [0, 0.1) is 0 Å². The quantitative estimate of drug-likeness (QED) is 0.916. The van der Waals surface area contributed by atoms with Crippen molar-refractivity contribution in [3.8, 4) is 0 Å². The average Bonchev–Trinajstić information content (AvgIpc) is 2.72. The molecule has 1 N–H and O–H groups in total. The minimum Gasteiger partial charge on any atom is -0.381 e. The standard InChI is InChI=1S/C11H13BrClNO/c12-8-3-4-10(13)11(6-8)14-7-9-2-1-5-15-9/h3-4,6,9,14H,1-2,5,7H2. The predicted molar refractivity (Wildman–Crippen MR) is 66.6 cm³/mol. The van der Waals surface area contributed by atoms with Gasteiger partial charge in [0.25, 0.3) is 0 Å². The molecule has 2 rings (SSSR count). The first-order valence-corrected chi connectivity index (χ1v) is 6.23. The van der Waals surface area contributed by atoms with Crippen molar-refractivity contribution in [2.45, 2.75) is 18.9 Å². The number of hydrogen-bond acceptors (Lipinski definition) is 2. The van der Waals surface area contributed by atoms with Crippen molar-refractivity contribution in [3.63, 3.8) is 0 Å². The van der Waals surface area contributed by atoms with Crippen molar-refractivity contribution in [2.24, 2.45) is 0 Å². The third-order valence-electron chi connectivity index (χ3n) is 2.47. The van der Waals surface area contributed by atoms with Crippen LogP contribution in [0.2, 0.25) is 5.02 Å². The van der Waals surface area contributed by atoms with E-state index >= 15 is 0 Å². The minimum atomic E-state index is 0.333. The summed E-state index contributed by atoms with van der Waals surface area (Å²) in [5, 5.41) is 4.06. The molecule has 1 atom stereocenters. The summed E-state index contributed by atoms with van der Waals surface area (Å²) in [4.78, 5) is 0. The maximum absolute atomic E-state index is 6.06. The van der Waals surface area contributed by atoms with E-state index in [0.717, 1.165) is 34.8 Å². The van der Waals surface area contributed by atoms with Gasteiger partial charge in [-0.25, -0.2) is 0 Å². The van der Waals surface area contributed by atoms with Gasteiger partial charge in [-0.15, -0.1) is 0 Å². The molecule has 0 aliphatic carbocycles. The largest absolute Gasteiger partial charge is 0.381 e. The molecule has 0 amide bonds. The van der Waals surface area contributed by atoms with Crippen LogP contribution < -0.4 is 5.32 Å². The first kappa shape index (κ1) is 11.2. The molecule has 0 aromatic heterocycles. The highest BCUT2D eigenvalue weighted by Gasteiger charge is 2.15. The number of anilines is 1. The lowest BCUT2D eigenvalue weighted by molar-refractivity contribution is 0.120. The lowest BCUT2D eigenvalue weighted by Crippen LogP contribution is -2.18. The summed E-state index contributed by atoms with van der Waals surface area (Å²) in [6, 6.07) is 5.79. The van der Waals surface area contributed by atoms with Gasteiger partial charge in [-0.2, -0.15) is 0 Å². The molecule has 4 heteroatoms. The van der Waals surface area contributed by atoms with Gasteiger partial charge in [0, 0.05) is 17.6 Å². The van der Waals surface area contributed by atoms with Crippen LogP contribution in [0.15, 0.2) is 22.7 Å². The van der Waals surface area contributed by atoms with Crippen LogP contribution in [-0.4, -0.2) is 19.3 Å². The van der Waals surface area contributed by atoms with Crippen molar-refractivity contribution >= 4 is 33.2 Å². The lowest BCUT2D eigenvalue weighted by Gasteiger charge is -2.13. The normalized spacial score (nSPS) is 20.5. The Morgan fingerprint density at radius 3 is 3.13 bits per heavy atom. The van der Waals surface area contributed by atoms with Crippen molar-refractivity contribution in [1.29, 1.82) is 0 Å². The van der Waals surface area contributed by atoms with Crippen LogP contribution >= 0.6 is 27.5 Å². The fourth-order valence-corrected chi connectivity index (χ4v) is 2.21. The third kappa shape index (κ3) is 3.10. The van der Waals surface area contributed by atoms with Crippen molar-refractivity contribution in [2.75, 3.05) is 18.5 Å². The van der Waals surface area contributed by atoms with Gasteiger partial charge in [-0.05, 0) is 31.0 Å². The molecular formula is C11H13BrClNO. The first-order chi connectivity index (χ1) is 7.25. The van der Waals surface area contributed by atoms with Gasteiger partial charge in [0.05, 0.1) is 16.8 Å². The molecule has 1 aromatic carbocycles. The van der Waals surface area contributed by atoms with Gasteiger partial charge in [0.2, 0.25) is 0 Å². The van der Waals surface area contributed by atoms with E-state index in [1.807, 2.05) is 18.2 Å². The second-order valence-electron chi connectivity index (χ2n) is 3.64. The van der Waals surface area contributed by atoms with Crippen LogP contribution in [0.5, 0.6) is 0 Å². The maximum atomic E-state index is 6.06. The van der Waals surface area contributed by atoms with Gasteiger partial charge in [-0.3, -0.25) is 0 Å². The zero-order valence-corrected chi connectivity index (χ0v) is 10.6. The number of benzene rings is 1. The van der Waals surface area contributed by atoms with Crippen molar-refractivity contribution in [3.05, 3.63) is 27.7 Å². The van der Waals surface area contributed by atoms with E-state index in [9.17, 15) is 0 Å². The molecule has 1 fully saturated rings. The van der Waals surface area contributed by atoms with Crippen molar-refractivity contribution in [1.82, 2.24) is 0 Å². The SMILES string of the molecule is Clc1ccc(Br)cc1NCC1CCCO1. The van der Waals surface area contributed by atoms with E-state index < -0.39 is 0 Å². The Morgan fingerprint density at radius 2 is 2.40 bits per heavy atom. The van der Waals surface area contributed by atoms with E-state index in [1.165, 1.54) is 6.42 Å². The molecule has 0 radical (unpaired) electrons. The average molecular weight is 291 g/mol. The Bertz CT molecular complexity index is 339. The van der Waals surface area contributed by atoms with Gasteiger partial charge in [0.1, 0.15) is 0 Å². The molecule has 1 unspecified atom stereocenters. The lowest BCUT2D eigenvalue weighted by atomic mass is 10.2. The summed E-state index contributed by atoms with van der Waals surface area (Å²) >= 11 is 9.48. The molecule has 0 bridgehead atoms. The molecule has 1 heterocycles. The number of ether oxygens (including phenoxy) is 1. The second-order valence-corrected chi connectivity index (χ2v) is 4.96. The number of hydrogen-bond donors (Lipinski definition) is 1. The second kappa shape index (κ2) is 5.19. The minimum absolute atomic E-state index is 0.333. The number of nitrogens with one attached hydrogen (secondary N) is 1. The van der Waals surface area contributed by atoms with Crippen LogP contribution in [0.25, 0.3) is 0 Å². The van der Waals surface area contributed by atoms with Crippen molar-refractivity contribution < 1.29 is 4.74 Å². The molecule has 2 nitrogen and oxygen atoms in total. The molecule has 0 spiro atoms. The smallest absolute Gasteiger partial charge is 0.0748 e. The third-order valence-corrected chi connectivity index (χ3v) is 3.30. The Balaban J connectivity index is 1.94. The zero-order chi connectivity index (χ0) is 10.7. The molecule has 1 aliphatic rings. The summed E-state index contributed by atoms with van der Waals surface area (Å²) in [6.07, 6.45) is 2.64. The van der Waals surface area contributed by atoms with E-state index in [2.05, 4.69) is 21.2 Å². The highest BCUT2D eigenvalue weighted by atomic mass is 79.9. The molecule has 1 aromatic rings. The summed E-state index contributed by atoms with van der Waals surface area (Å²) in [6.45, 7) is 1.72. The van der Waals surface area contributed by atoms with Crippen LogP contribution in [0.1, 0.15) is 12.8 Å². The summed E-state index contributed by atoms with van der Waals surface area (Å²) in [5.74, 6) is 0. The highest BCUT2D eigenvalue weighted by molar-refractivity contribution is 9.10. The fraction of sp³-hybridized carbons (Fsp3) is 0.455. The van der Waals surface area contributed by atoms with E-state index in [0.29, 0.717) is 6.10 Å². The van der Waals surface area contributed by atoms with Gasteiger partial charge < -0.3 is 10.1 Å². The number of rotatable bonds is 3. The summed E-state index contributed by atoms with van der Waals surface area (Å²) in [7, 11) is 0. The maximum Gasteiger partial charge on any atom is 0.0748 e. The molecule has 15 heavy (non-hydrogen) atoms. The Hall–Kier alpha value is -0.250. The van der Waals surface area contributed by atoms with E-state index in [4.69, 9.17) is 16.3 Å². The highest BCUT2D eigenvalue weighted by Crippen LogP contribution is 2.26. The van der Waals surface area contributed by atoms with Crippen LogP contribution in [-0.2, 0) is 4.74 Å². The van der Waals surface area contributed by atoms with Gasteiger partial charge in [0.15, 0.2) is 0 Å². The Morgan fingerprint density at radius 1 is 1.53 bits per heavy atom. The first-order valence-electron chi connectivity index (χ1n) is 5.06. The topological polar surface area (TPSA) is 21.3 Å². The summed E-state index contributed by atoms with van der Waals surface area (Å²) < 4.78 is 6.56. The fourth-order valence-electron chi connectivity index (χ4n) is 1.66. The zero-order valence-electron chi connectivity index (χ0n) is 8.30. The summed E-state index contributed by atoms with van der Waals surface area (Å²) in [5.41, 5.74) is 0.960. The molecular weight excluding hydrogens is 277 g/mol. The van der Waals surface area contributed by atoms with E-state index in [1.54, 1.807) is 0 Å². The van der Waals surface area contributed by atoms with Gasteiger partial charge in [-0.1, -0.05) is 27.5 Å². The molecule has 0 saturated carbocycles. The molecule has 1 aliphatic heterocycles. The molecule has 1 saturated heterocycles.